The Morgan fingerprint density at radius 1 is 1.26 bits per heavy atom. The van der Waals surface area contributed by atoms with Gasteiger partial charge in [0.1, 0.15) is 5.75 Å². The van der Waals surface area contributed by atoms with Crippen molar-refractivity contribution in [2.45, 2.75) is 38.7 Å². The molecule has 7 nitrogen and oxygen atoms in total. The molecule has 1 aliphatic heterocycles. The molecule has 1 aromatic carbocycles. The maximum absolute atomic E-state index is 12.3. The number of ether oxygens (including phenoxy) is 1. The molecule has 1 N–H and O–H groups in total. The Labute approximate surface area is 162 Å². The van der Waals surface area contributed by atoms with E-state index in [4.69, 9.17) is 4.74 Å². The van der Waals surface area contributed by atoms with Crippen molar-refractivity contribution in [1.82, 2.24) is 10.2 Å². The van der Waals surface area contributed by atoms with Gasteiger partial charge < -0.3 is 15.0 Å². The molecule has 1 saturated heterocycles. The lowest BCUT2D eigenvalue weighted by Crippen LogP contribution is -2.39. The number of benzene rings is 1. The zero-order valence-electron chi connectivity index (χ0n) is 16.5. The maximum atomic E-state index is 12.3. The van der Waals surface area contributed by atoms with Crippen LogP contribution in [-0.4, -0.2) is 64.8 Å². The van der Waals surface area contributed by atoms with E-state index in [-0.39, 0.29) is 5.91 Å². The van der Waals surface area contributed by atoms with Gasteiger partial charge in [-0.25, -0.2) is 8.42 Å². The Kier molecular flexibility index (Phi) is 7.91. The number of hydrogen-bond donors (Lipinski definition) is 1. The molecule has 0 saturated carbocycles. The van der Waals surface area contributed by atoms with Gasteiger partial charge in [-0.2, -0.15) is 0 Å². The summed E-state index contributed by atoms with van der Waals surface area (Å²) in [7, 11) is -1.81. The third kappa shape index (κ3) is 6.70. The van der Waals surface area contributed by atoms with Crippen LogP contribution in [0.5, 0.6) is 5.75 Å². The van der Waals surface area contributed by atoms with Crippen LogP contribution in [-0.2, 0) is 14.8 Å². The molecule has 1 aromatic rings. The molecule has 1 aliphatic rings. The first-order valence-corrected chi connectivity index (χ1v) is 11.4. The van der Waals surface area contributed by atoms with Gasteiger partial charge in [-0.15, -0.1) is 0 Å². The molecule has 0 aliphatic carbocycles. The van der Waals surface area contributed by atoms with Crippen LogP contribution < -0.4 is 14.4 Å². The zero-order chi connectivity index (χ0) is 19.9. The Morgan fingerprint density at radius 3 is 2.44 bits per heavy atom. The second-order valence-electron chi connectivity index (χ2n) is 6.93. The van der Waals surface area contributed by atoms with Gasteiger partial charge in [0.2, 0.25) is 10.0 Å². The number of nitrogens with zero attached hydrogens (tertiary/aromatic N) is 2. The lowest BCUT2D eigenvalue weighted by atomic mass is 10.2. The second kappa shape index (κ2) is 9.94. The number of sulfonamides is 1. The number of anilines is 1. The molecule has 0 bridgehead atoms. The molecule has 8 heteroatoms. The van der Waals surface area contributed by atoms with Gasteiger partial charge in [-0.05, 0) is 69.6 Å². The second-order valence-corrected chi connectivity index (χ2v) is 8.95. The van der Waals surface area contributed by atoms with Gasteiger partial charge >= 0.3 is 0 Å². The highest BCUT2D eigenvalue weighted by Gasteiger charge is 2.19. The molecular weight excluding hydrogens is 366 g/mol. The van der Waals surface area contributed by atoms with E-state index in [1.165, 1.54) is 37.3 Å². The van der Waals surface area contributed by atoms with Gasteiger partial charge in [0, 0.05) is 13.6 Å². The summed E-state index contributed by atoms with van der Waals surface area (Å²) in [6, 6.07) is 6.69. The third-order valence-corrected chi connectivity index (χ3v) is 5.99. The minimum Gasteiger partial charge on any atom is -0.481 e. The lowest BCUT2D eigenvalue weighted by molar-refractivity contribution is -0.128. The average molecular weight is 398 g/mol. The normalized spacial score (nSPS) is 16.1. The van der Waals surface area contributed by atoms with Gasteiger partial charge in [-0.3, -0.25) is 9.10 Å². The van der Waals surface area contributed by atoms with Crippen LogP contribution in [0.1, 0.15) is 32.6 Å². The van der Waals surface area contributed by atoms with E-state index in [0.717, 1.165) is 19.2 Å². The minimum absolute atomic E-state index is 0.115. The number of carbonyl (C=O) groups excluding carboxylic acids is 1. The summed E-state index contributed by atoms with van der Waals surface area (Å²) in [5.41, 5.74) is 0.546. The molecule has 0 aromatic heterocycles. The first-order chi connectivity index (χ1) is 12.8. The molecule has 2 rings (SSSR count). The zero-order valence-corrected chi connectivity index (χ0v) is 17.3. The molecule has 0 radical (unpaired) electrons. The molecule has 0 spiro atoms. The molecule has 27 heavy (non-hydrogen) atoms. The third-order valence-electron chi connectivity index (χ3n) is 4.79. The first-order valence-electron chi connectivity index (χ1n) is 9.52. The van der Waals surface area contributed by atoms with Crippen LogP contribution in [0.15, 0.2) is 24.3 Å². The number of amides is 1. The van der Waals surface area contributed by atoms with Crippen LogP contribution >= 0.6 is 0 Å². The average Bonchev–Trinajstić information content (AvgIpc) is 3.15. The van der Waals surface area contributed by atoms with Crippen LogP contribution in [0, 0.1) is 0 Å². The van der Waals surface area contributed by atoms with Crippen LogP contribution in [0.4, 0.5) is 5.69 Å². The van der Waals surface area contributed by atoms with Crippen molar-refractivity contribution in [3.05, 3.63) is 24.3 Å². The fourth-order valence-electron chi connectivity index (χ4n) is 3.05. The van der Waals surface area contributed by atoms with E-state index >= 15 is 0 Å². The summed E-state index contributed by atoms with van der Waals surface area (Å²) >= 11 is 0. The summed E-state index contributed by atoms with van der Waals surface area (Å²) < 4.78 is 30.1. The molecular formula is C19H31N3O4S. The molecule has 152 valence electrons. The lowest BCUT2D eigenvalue weighted by Gasteiger charge is -2.20. The number of nitrogens with one attached hydrogen (secondary N) is 1. The number of hydrogen-bond acceptors (Lipinski definition) is 5. The van der Waals surface area contributed by atoms with Crippen molar-refractivity contribution in [2.75, 3.05) is 43.8 Å². The molecule has 0 unspecified atom stereocenters. The number of likely N-dealkylation sites (tertiary alicyclic amines) is 1. The van der Waals surface area contributed by atoms with E-state index in [0.29, 0.717) is 24.4 Å². The SMILES string of the molecule is CC[C@H](Oc1ccc(N(C)S(C)(=O)=O)cc1)C(=O)NCCCN1CCCC1. The van der Waals surface area contributed by atoms with E-state index in [1.807, 2.05) is 6.92 Å². The fourth-order valence-corrected chi connectivity index (χ4v) is 3.55. The standard InChI is InChI=1S/C19H31N3O4S/c1-4-18(19(23)20-12-7-15-22-13-5-6-14-22)26-17-10-8-16(9-11-17)21(2)27(3,24)25/h8-11,18H,4-7,12-15H2,1-3H3,(H,20,23)/t18-/m0/s1. The summed E-state index contributed by atoms with van der Waals surface area (Å²) in [4.78, 5) is 14.8. The monoisotopic (exact) mass is 397 g/mol. The Hall–Kier alpha value is -1.80. The molecule has 1 atom stereocenters. The predicted molar refractivity (Wildman–Crippen MR) is 108 cm³/mol. The van der Waals surface area contributed by atoms with E-state index in [2.05, 4.69) is 10.2 Å². The first kappa shape index (κ1) is 21.5. The molecule has 1 amide bonds. The van der Waals surface area contributed by atoms with Crippen molar-refractivity contribution in [3.63, 3.8) is 0 Å². The fraction of sp³-hybridized carbons (Fsp3) is 0.632. The number of rotatable bonds is 10. The van der Waals surface area contributed by atoms with Crippen molar-refractivity contribution in [1.29, 1.82) is 0 Å². The minimum atomic E-state index is -3.30. The summed E-state index contributed by atoms with van der Waals surface area (Å²) in [5, 5.41) is 2.95. The van der Waals surface area contributed by atoms with E-state index in [1.54, 1.807) is 24.3 Å². The molecule has 1 fully saturated rings. The Bertz CT molecular complexity index is 700. The van der Waals surface area contributed by atoms with Gasteiger partial charge in [-0.1, -0.05) is 6.92 Å². The van der Waals surface area contributed by atoms with Crippen molar-refractivity contribution in [2.24, 2.45) is 0 Å². The predicted octanol–water partition coefficient (Wildman–Crippen LogP) is 1.84. The maximum Gasteiger partial charge on any atom is 0.261 e. The van der Waals surface area contributed by atoms with E-state index in [9.17, 15) is 13.2 Å². The quantitative estimate of drug-likeness (QED) is 0.610. The summed E-state index contributed by atoms with van der Waals surface area (Å²) in [6.07, 6.45) is 4.64. The smallest absolute Gasteiger partial charge is 0.261 e. The summed E-state index contributed by atoms with van der Waals surface area (Å²) in [5.74, 6) is 0.427. The highest BCUT2D eigenvalue weighted by atomic mass is 32.2. The summed E-state index contributed by atoms with van der Waals surface area (Å²) in [6.45, 7) is 5.90. The van der Waals surface area contributed by atoms with Crippen LogP contribution in [0.3, 0.4) is 0 Å². The van der Waals surface area contributed by atoms with Gasteiger partial charge in [0.15, 0.2) is 6.10 Å². The van der Waals surface area contributed by atoms with Crippen molar-refractivity contribution in [3.8, 4) is 5.75 Å². The van der Waals surface area contributed by atoms with Gasteiger partial charge in [0.05, 0.1) is 11.9 Å². The molecule has 1 heterocycles. The Balaban J connectivity index is 1.81. The van der Waals surface area contributed by atoms with Crippen molar-refractivity contribution >= 4 is 21.6 Å². The van der Waals surface area contributed by atoms with Crippen LogP contribution in [0.25, 0.3) is 0 Å². The highest BCUT2D eigenvalue weighted by molar-refractivity contribution is 7.92. The number of carbonyl (C=O) groups is 1. The van der Waals surface area contributed by atoms with Crippen LogP contribution in [0.2, 0.25) is 0 Å². The van der Waals surface area contributed by atoms with Gasteiger partial charge in [0.25, 0.3) is 5.91 Å². The highest BCUT2D eigenvalue weighted by Crippen LogP contribution is 2.21. The van der Waals surface area contributed by atoms with E-state index < -0.39 is 16.1 Å². The Morgan fingerprint density at radius 2 is 1.89 bits per heavy atom. The topological polar surface area (TPSA) is 78.9 Å². The van der Waals surface area contributed by atoms with Crippen molar-refractivity contribution < 1.29 is 17.9 Å². The largest absolute Gasteiger partial charge is 0.481 e.